The quantitative estimate of drug-likeness (QED) is 0.603. The minimum atomic E-state index is -4.63. The predicted molar refractivity (Wildman–Crippen MR) is 88.8 cm³/mol. The van der Waals surface area contributed by atoms with Crippen LogP contribution in [0.5, 0.6) is 0 Å². The third kappa shape index (κ3) is 3.76. The molecule has 0 spiro atoms. The van der Waals surface area contributed by atoms with Crippen LogP contribution in [0.3, 0.4) is 0 Å². The van der Waals surface area contributed by atoms with Crippen molar-refractivity contribution in [3.05, 3.63) is 33.9 Å². The standard InChI is InChI=1S/C17H20F3N3O3/c18-17(19,20)13-3-4-14(15(11-13)23(25)26)21-9-5-12(6-10-21)16(24)22-7-1-2-8-22/h3-4,11-12H,1-2,5-10H2. The van der Waals surface area contributed by atoms with Crippen molar-refractivity contribution < 1.29 is 22.9 Å². The van der Waals surface area contributed by atoms with Crippen molar-refractivity contribution in [2.45, 2.75) is 31.9 Å². The van der Waals surface area contributed by atoms with Gasteiger partial charge in [0.15, 0.2) is 0 Å². The van der Waals surface area contributed by atoms with Crippen molar-refractivity contribution in [3.63, 3.8) is 0 Å². The van der Waals surface area contributed by atoms with Gasteiger partial charge in [-0.25, -0.2) is 0 Å². The second kappa shape index (κ2) is 7.13. The average molecular weight is 371 g/mol. The van der Waals surface area contributed by atoms with Crippen LogP contribution in [0.4, 0.5) is 24.5 Å². The first-order chi connectivity index (χ1) is 12.3. The number of hydrogen-bond acceptors (Lipinski definition) is 4. The number of piperidine rings is 1. The molecule has 0 radical (unpaired) electrons. The summed E-state index contributed by atoms with van der Waals surface area (Å²) in [4.78, 5) is 26.5. The van der Waals surface area contributed by atoms with Gasteiger partial charge in [-0.05, 0) is 37.8 Å². The maximum absolute atomic E-state index is 12.8. The lowest BCUT2D eigenvalue weighted by Gasteiger charge is -2.34. The van der Waals surface area contributed by atoms with Crippen LogP contribution in [-0.4, -0.2) is 41.9 Å². The predicted octanol–water partition coefficient (Wildman–Crippen LogP) is 3.45. The topological polar surface area (TPSA) is 66.7 Å². The van der Waals surface area contributed by atoms with E-state index in [0.717, 1.165) is 38.1 Å². The van der Waals surface area contributed by atoms with Crippen molar-refractivity contribution >= 4 is 17.3 Å². The van der Waals surface area contributed by atoms with E-state index in [4.69, 9.17) is 0 Å². The van der Waals surface area contributed by atoms with E-state index in [1.807, 2.05) is 4.90 Å². The van der Waals surface area contributed by atoms with Crippen molar-refractivity contribution in [1.29, 1.82) is 0 Å². The van der Waals surface area contributed by atoms with Crippen LogP contribution in [0, 0.1) is 16.0 Å². The molecule has 2 aliphatic rings. The van der Waals surface area contributed by atoms with Crippen LogP contribution in [0.1, 0.15) is 31.2 Å². The first kappa shape index (κ1) is 18.5. The van der Waals surface area contributed by atoms with Gasteiger partial charge in [-0.15, -0.1) is 0 Å². The number of hydrogen-bond donors (Lipinski definition) is 0. The molecule has 0 bridgehead atoms. The Hall–Kier alpha value is -2.32. The van der Waals surface area contributed by atoms with Gasteiger partial charge in [0.05, 0.1) is 10.5 Å². The molecule has 1 amide bonds. The highest BCUT2D eigenvalue weighted by Crippen LogP contribution is 2.37. The Balaban J connectivity index is 1.72. The maximum Gasteiger partial charge on any atom is 0.416 e. The fourth-order valence-corrected chi connectivity index (χ4v) is 3.68. The summed E-state index contributed by atoms with van der Waals surface area (Å²) in [5.74, 6) is 0.0157. The van der Waals surface area contributed by atoms with E-state index in [1.165, 1.54) is 0 Å². The first-order valence-electron chi connectivity index (χ1n) is 8.67. The number of benzene rings is 1. The fraction of sp³-hybridized carbons (Fsp3) is 0.588. The minimum Gasteiger partial charge on any atom is -0.366 e. The summed E-state index contributed by atoms with van der Waals surface area (Å²) >= 11 is 0. The molecule has 26 heavy (non-hydrogen) atoms. The van der Waals surface area contributed by atoms with Crippen molar-refractivity contribution in [1.82, 2.24) is 4.90 Å². The zero-order valence-corrected chi connectivity index (χ0v) is 14.2. The Bertz CT molecular complexity index is 694. The molecule has 2 aliphatic heterocycles. The Morgan fingerprint density at radius 2 is 1.73 bits per heavy atom. The highest BCUT2D eigenvalue weighted by Gasteiger charge is 2.35. The molecule has 6 nitrogen and oxygen atoms in total. The molecule has 0 aromatic heterocycles. The number of nitrogens with zero attached hydrogens (tertiary/aromatic N) is 3. The molecule has 0 N–H and O–H groups in total. The van der Waals surface area contributed by atoms with Gasteiger partial charge < -0.3 is 9.80 Å². The lowest BCUT2D eigenvalue weighted by Crippen LogP contribution is -2.41. The summed E-state index contributed by atoms with van der Waals surface area (Å²) in [5.41, 5.74) is -1.41. The Labute approximate surface area is 148 Å². The summed E-state index contributed by atoms with van der Waals surface area (Å²) in [5, 5.41) is 11.2. The van der Waals surface area contributed by atoms with Crippen molar-refractivity contribution in [2.24, 2.45) is 5.92 Å². The van der Waals surface area contributed by atoms with Crippen LogP contribution in [0.2, 0.25) is 0 Å². The van der Waals surface area contributed by atoms with Gasteiger partial charge >= 0.3 is 6.18 Å². The van der Waals surface area contributed by atoms with Gasteiger partial charge in [-0.3, -0.25) is 14.9 Å². The van der Waals surface area contributed by atoms with Gasteiger partial charge in [-0.2, -0.15) is 13.2 Å². The van der Waals surface area contributed by atoms with E-state index < -0.39 is 22.4 Å². The molecule has 0 unspecified atom stereocenters. The van der Waals surface area contributed by atoms with Gasteiger partial charge in [0.2, 0.25) is 5.91 Å². The SMILES string of the molecule is O=C(C1CCN(c2ccc(C(F)(F)F)cc2[N+](=O)[O-])CC1)N1CCCC1. The zero-order valence-electron chi connectivity index (χ0n) is 14.2. The van der Waals surface area contributed by atoms with Crippen LogP contribution in [-0.2, 0) is 11.0 Å². The van der Waals surface area contributed by atoms with E-state index in [-0.39, 0.29) is 17.5 Å². The Kier molecular flexibility index (Phi) is 5.06. The Morgan fingerprint density at radius 1 is 1.12 bits per heavy atom. The third-order valence-corrected chi connectivity index (χ3v) is 5.10. The normalized spacial score (nSPS) is 19.0. The van der Waals surface area contributed by atoms with Crippen LogP contribution in [0.15, 0.2) is 18.2 Å². The molecule has 0 atom stereocenters. The molecule has 0 saturated carbocycles. The first-order valence-corrected chi connectivity index (χ1v) is 8.67. The van der Waals surface area contributed by atoms with Gasteiger partial charge in [0, 0.05) is 38.2 Å². The number of alkyl halides is 3. The zero-order chi connectivity index (χ0) is 18.9. The summed E-state index contributed by atoms with van der Waals surface area (Å²) in [6, 6.07) is 2.60. The van der Waals surface area contributed by atoms with Crippen molar-refractivity contribution in [2.75, 3.05) is 31.1 Å². The largest absolute Gasteiger partial charge is 0.416 e. The smallest absolute Gasteiger partial charge is 0.366 e. The summed E-state index contributed by atoms with van der Waals surface area (Å²) in [6.45, 7) is 2.39. The summed E-state index contributed by atoms with van der Waals surface area (Å²) < 4.78 is 38.4. The molecule has 9 heteroatoms. The molecule has 1 aromatic rings. The average Bonchev–Trinajstić information content (AvgIpc) is 3.14. The lowest BCUT2D eigenvalue weighted by atomic mass is 9.94. The van der Waals surface area contributed by atoms with E-state index in [0.29, 0.717) is 32.0 Å². The summed E-state index contributed by atoms with van der Waals surface area (Å²) in [6.07, 6.45) is -1.50. The number of amides is 1. The highest BCUT2D eigenvalue weighted by atomic mass is 19.4. The molecular weight excluding hydrogens is 351 g/mol. The van der Waals surface area contributed by atoms with Crippen LogP contribution < -0.4 is 4.90 Å². The molecule has 2 fully saturated rings. The molecule has 0 aliphatic carbocycles. The molecular formula is C17H20F3N3O3. The number of rotatable bonds is 3. The highest BCUT2D eigenvalue weighted by molar-refractivity contribution is 5.79. The molecule has 2 heterocycles. The number of anilines is 1. The number of likely N-dealkylation sites (tertiary alicyclic amines) is 1. The van der Waals surface area contributed by atoms with Crippen molar-refractivity contribution in [3.8, 4) is 0 Å². The maximum atomic E-state index is 12.8. The number of nitro groups is 1. The van der Waals surface area contributed by atoms with E-state index >= 15 is 0 Å². The van der Waals surface area contributed by atoms with E-state index in [2.05, 4.69) is 0 Å². The molecule has 1 aromatic carbocycles. The second-order valence-corrected chi connectivity index (χ2v) is 6.75. The van der Waals surface area contributed by atoms with Gasteiger partial charge in [0.25, 0.3) is 5.69 Å². The summed E-state index contributed by atoms with van der Waals surface area (Å²) in [7, 11) is 0. The van der Waals surface area contributed by atoms with E-state index in [1.54, 1.807) is 4.90 Å². The fourth-order valence-electron chi connectivity index (χ4n) is 3.68. The lowest BCUT2D eigenvalue weighted by molar-refractivity contribution is -0.384. The third-order valence-electron chi connectivity index (χ3n) is 5.10. The molecule has 2 saturated heterocycles. The van der Waals surface area contributed by atoms with E-state index in [9.17, 15) is 28.1 Å². The van der Waals surface area contributed by atoms with Gasteiger partial charge in [0.1, 0.15) is 5.69 Å². The Morgan fingerprint density at radius 3 is 2.27 bits per heavy atom. The van der Waals surface area contributed by atoms with Crippen LogP contribution >= 0.6 is 0 Å². The second-order valence-electron chi connectivity index (χ2n) is 6.75. The number of halogens is 3. The monoisotopic (exact) mass is 371 g/mol. The minimum absolute atomic E-state index is 0.113. The van der Waals surface area contributed by atoms with Crippen LogP contribution in [0.25, 0.3) is 0 Å². The molecule has 142 valence electrons. The number of carbonyl (C=O) groups is 1. The molecule has 3 rings (SSSR count). The van der Waals surface area contributed by atoms with Gasteiger partial charge in [-0.1, -0.05) is 0 Å². The number of carbonyl (C=O) groups excluding carboxylic acids is 1. The number of nitro benzene ring substituents is 1.